The van der Waals surface area contributed by atoms with Gasteiger partial charge in [0.1, 0.15) is 5.82 Å². The smallest absolute Gasteiger partial charge is 0.127 e. The van der Waals surface area contributed by atoms with Crippen molar-refractivity contribution in [3.63, 3.8) is 0 Å². The highest BCUT2D eigenvalue weighted by Gasteiger charge is 2.10. The van der Waals surface area contributed by atoms with Crippen molar-refractivity contribution in [1.29, 1.82) is 0 Å². The summed E-state index contributed by atoms with van der Waals surface area (Å²) in [7, 11) is 1.86. The van der Waals surface area contributed by atoms with E-state index in [0.29, 0.717) is 0 Å². The number of morpholine rings is 1. The molecule has 2 heterocycles. The molecular weight excluding hydrogens is 264 g/mol. The summed E-state index contributed by atoms with van der Waals surface area (Å²) in [6.07, 6.45) is 1.79. The van der Waals surface area contributed by atoms with Crippen molar-refractivity contribution < 1.29 is 4.74 Å². The van der Waals surface area contributed by atoms with Gasteiger partial charge < -0.3 is 20.3 Å². The fourth-order valence-electron chi connectivity index (χ4n) is 2.39. The summed E-state index contributed by atoms with van der Waals surface area (Å²) in [4.78, 5) is 6.55. The molecule has 0 aliphatic carbocycles. The number of rotatable bonds is 4. The van der Waals surface area contributed by atoms with Crippen LogP contribution in [0.1, 0.15) is 0 Å². The van der Waals surface area contributed by atoms with E-state index in [0.717, 1.165) is 43.5 Å². The van der Waals surface area contributed by atoms with E-state index in [1.54, 1.807) is 6.20 Å². The molecule has 0 unspecified atom stereocenters. The molecule has 2 N–H and O–H groups in total. The van der Waals surface area contributed by atoms with Crippen molar-refractivity contribution in [2.24, 2.45) is 0 Å². The average molecular weight is 284 g/mol. The summed E-state index contributed by atoms with van der Waals surface area (Å²) in [5.41, 5.74) is 3.34. The fourth-order valence-corrected chi connectivity index (χ4v) is 2.39. The van der Waals surface area contributed by atoms with Gasteiger partial charge in [0.2, 0.25) is 0 Å². The zero-order valence-corrected chi connectivity index (χ0v) is 12.2. The number of pyridine rings is 1. The lowest BCUT2D eigenvalue weighted by atomic mass is 10.2. The quantitative estimate of drug-likeness (QED) is 0.904. The van der Waals surface area contributed by atoms with E-state index >= 15 is 0 Å². The van der Waals surface area contributed by atoms with Crippen LogP contribution in [0.3, 0.4) is 0 Å². The predicted molar refractivity (Wildman–Crippen MR) is 86.5 cm³/mol. The van der Waals surface area contributed by atoms with Crippen molar-refractivity contribution >= 4 is 22.9 Å². The second-order valence-corrected chi connectivity index (χ2v) is 4.95. The molecule has 0 bridgehead atoms. The van der Waals surface area contributed by atoms with Crippen LogP contribution in [0.15, 0.2) is 42.6 Å². The summed E-state index contributed by atoms with van der Waals surface area (Å²) in [6.45, 7) is 3.54. The molecule has 110 valence electrons. The minimum Gasteiger partial charge on any atom is -0.378 e. The molecule has 0 saturated carbocycles. The number of ether oxygens (including phenoxy) is 1. The van der Waals surface area contributed by atoms with Crippen molar-refractivity contribution in [2.45, 2.75) is 0 Å². The predicted octanol–water partition coefficient (Wildman–Crippen LogP) is 2.70. The standard InChI is InChI=1S/C16H20N4O/c1-17-16-12-14(6-7-18-16)19-13-2-4-15(5-3-13)20-8-10-21-11-9-20/h2-7,12H,8-11H2,1H3,(H2,17,18,19). The van der Waals surface area contributed by atoms with Gasteiger partial charge in [0.15, 0.2) is 0 Å². The van der Waals surface area contributed by atoms with E-state index in [1.807, 2.05) is 19.2 Å². The Kier molecular flexibility index (Phi) is 4.21. The second kappa shape index (κ2) is 6.45. The van der Waals surface area contributed by atoms with E-state index in [2.05, 4.69) is 44.8 Å². The van der Waals surface area contributed by atoms with E-state index in [1.165, 1.54) is 5.69 Å². The number of nitrogens with zero attached hydrogens (tertiary/aromatic N) is 2. The largest absolute Gasteiger partial charge is 0.378 e. The fraction of sp³-hybridized carbons (Fsp3) is 0.312. The average Bonchev–Trinajstić information content (AvgIpc) is 2.56. The summed E-state index contributed by atoms with van der Waals surface area (Å²) >= 11 is 0. The molecule has 1 aliphatic rings. The van der Waals surface area contributed by atoms with Crippen LogP contribution >= 0.6 is 0 Å². The highest BCUT2D eigenvalue weighted by molar-refractivity contribution is 5.64. The zero-order valence-electron chi connectivity index (χ0n) is 12.2. The van der Waals surface area contributed by atoms with Crippen LogP contribution in [0.5, 0.6) is 0 Å². The van der Waals surface area contributed by atoms with Gasteiger partial charge in [-0.1, -0.05) is 0 Å². The maximum Gasteiger partial charge on any atom is 0.127 e. The summed E-state index contributed by atoms with van der Waals surface area (Å²) < 4.78 is 5.38. The highest BCUT2D eigenvalue weighted by atomic mass is 16.5. The van der Waals surface area contributed by atoms with Crippen molar-refractivity contribution in [3.05, 3.63) is 42.6 Å². The van der Waals surface area contributed by atoms with Gasteiger partial charge in [-0.25, -0.2) is 4.98 Å². The molecule has 21 heavy (non-hydrogen) atoms. The van der Waals surface area contributed by atoms with E-state index in [9.17, 15) is 0 Å². The number of anilines is 4. The lowest BCUT2D eigenvalue weighted by molar-refractivity contribution is 0.122. The summed E-state index contributed by atoms with van der Waals surface area (Å²) in [5.74, 6) is 0.852. The Morgan fingerprint density at radius 1 is 1.05 bits per heavy atom. The van der Waals surface area contributed by atoms with Gasteiger partial charge in [0.25, 0.3) is 0 Å². The molecular formula is C16H20N4O. The Hall–Kier alpha value is -2.27. The number of nitrogens with one attached hydrogen (secondary N) is 2. The Balaban J connectivity index is 1.68. The van der Waals surface area contributed by atoms with E-state index in [-0.39, 0.29) is 0 Å². The SMILES string of the molecule is CNc1cc(Nc2ccc(N3CCOCC3)cc2)ccn1. The van der Waals surface area contributed by atoms with Crippen LogP contribution in [0.25, 0.3) is 0 Å². The molecule has 5 heteroatoms. The molecule has 1 saturated heterocycles. The summed E-state index contributed by atoms with van der Waals surface area (Å²) in [6, 6.07) is 12.4. The first kappa shape index (κ1) is 13.7. The molecule has 0 spiro atoms. The van der Waals surface area contributed by atoms with E-state index < -0.39 is 0 Å². The van der Waals surface area contributed by atoms with E-state index in [4.69, 9.17) is 4.74 Å². The van der Waals surface area contributed by atoms with Crippen LogP contribution in [0, 0.1) is 0 Å². The molecule has 5 nitrogen and oxygen atoms in total. The van der Waals surface area contributed by atoms with Crippen molar-refractivity contribution in [3.8, 4) is 0 Å². The van der Waals surface area contributed by atoms with Gasteiger partial charge >= 0.3 is 0 Å². The summed E-state index contributed by atoms with van der Waals surface area (Å²) in [5, 5.41) is 6.42. The number of hydrogen-bond acceptors (Lipinski definition) is 5. The Bertz CT molecular complexity index is 579. The number of aromatic nitrogens is 1. The molecule has 1 fully saturated rings. The van der Waals surface area contributed by atoms with Crippen LogP contribution in [0.4, 0.5) is 22.9 Å². The molecule has 0 atom stereocenters. The van der Waals surface area contributed by atoms with Gasteiger partial charge in [-0.15, -0.1) is 0 Å². The molecule has 3 rings (SSSR count). The second-order valence-electron chi connectivity index (χ2n) is 4.95. The Morgan fingerprint density at radius 3 is 2.52 bits per heavy atom. The van der Waals surface area contributed by atoms with Crippen molar-refractivity contribution in [2.75, 3.05) is 48.9 Å². The van der Waals surface area contributed by atoms with Gasteiger partial charge in [-0.3, -0.25) is 0 Å². The first-order valence-electron chi connectivity index (χ1n) is 7.19. The maximum atomic E-state index is 5.38. The number of hydrogen-bond donors (Lipinski definition) is 2. The van der Waals surface area contributed by atoms with Gasteiger partial charge in [0, 0.05) is 49.5 Å². The van der Waals surface area contributed by atoms with Crippen LogP contribution in [-0.4, -0.2) is 38.3 Å². The van der Waals surface area contributed by atoms with Crippen molar-refractivity contribution in [1.82, 2.24) is 4.98 Å². The van der Waals surface area contributed by atoms with Gasteiger partial charge in [-0.2, -0.15) is 0 Å². The minimum absolute atomic E-state index is 0.809. The van der Waals surface area contributed by atoms with Gasteiger partial charge in [-0.05, 0) is 30.3 Å². The Morgan fingerprint density at radius 2 is 1.81 bits per heavy atom. The molecule has 1 aromatic carbocycles. The zero-order chi connectivity index (χ0) is 14.5. The molecule has 1 aliphatic heterocycles. The maximum absolute atomic E-state index is 5.38. The first-order valence-corrected chi connectivity index (χ1v) is 7.19. The normalized spacial score (nSPS) is 14.8. The topological polar surface area (TPSA) is 49.4 Å². The first-order chi connectivity index (χ1) is 10.3. The molecule has 1 aromatic heterocycles. The molecule has 0 amide bonds. The lowest BCUT2D eigenvalue weighted by Gasteiger charge is -2.28. The third kappa shape index (κ3) is 3.44. The van der Waals surface area contributed by atoms with Crippen LogP contribution < -0.4 is 15.5 Å². The third-order valence-electron chi connectivity index (χ3n) is 3.55. The van der Waals surface area contributed by atoms with Gasteiger partial charge in [0.05, 0.1) is 13.2 Å². The molecule has 2 aromatic rings. The number of benzene rings is 1. The highest BCUT2D eigenvalue weighted by Crippen LogP contribution is 2.22. The minimum atomic E-state index is 0.809. The molecule has 0 radical (unpaired) electrons. The third-order valence-corrected chi connectivity index (χ3v) is 3.55. The Labute approximate surface area is 125 Å². The monoisotopic (exact) mass is 284 g/mol. The van der Waals surface area contributed by atoms with Crippen LogP contribution in [0.2, 0.25) is 0 Å². The lowest BCUT2D eigenvalue weighted by Crippen LogP contribution is -2.36. The van der Waals surface area contributed by atoms with Crippen LogP contribution in [-0.2, 0) is 4.74 Å².